The third-order valence-corrected chi connectivity index (χ3v) is 7.55. The molecule has 0 bridgehead atoms. The highest BCUT2D eigenvalue weighted by Crippen LogP contribution is 2.30. The first-order valence-electron chi connectivity index (χ1n) is 13.1. The molecule has 3 aromatic carbocycles. The molecule has 0 aliphatic carbocycles. The van der Waals surface area contributed by atoms with Gasteiger partial charge in [-0.05, 0) is 66.8 Å². The van der Waals surface area contributed by atoms with Crippen LogP contribution >= 0.6 is 11.3 Å². The molecule has 7 heteroatoms. The van der Waals surface area contributed by atoms with Crippen LogP contribution in [0.3, 0.4) is 0 Å². The van der Waals surface area contributed by atoms with Gasteiger partial charge < -0.3 is 14.2 Å². The van der Waals surface area contributed by atoms with Crippen LogP contribution in [0.4, 0.5) is 0 Å². The van der Waals surface area contributed by atoms with E-state index in [0.29, 0.717) is 46.7 Å². The van der Waals surface area contributed by atoms with Crippen molar-refractivity contribution in [3.8, 4) is 17.2 Å². The fraction of sp³-hybridized carbons (Fsp3) is 0.290. The Balaban J connectivity index is 1.27. The van der Waals surface area contributed by atoms with Gasteiger partial charge in [0.05, 0.1) is 35.4 Å². The highest BCUT2D eigenvalue weighted by Gasteiger charge is 2.12. The number of hydrogen-bond donors (Lipinski definition) is 0. The molecule has 38 heavy (non-hydrogen) atoms. The fourth-order valence-corrected chi connectivity index (χ4v) is 5.41. The van der Waals surface area contributed by atoms with Crippen LogP contribution in [0.2, 0.25) is 0 Å². The normalized spacial score (nSPS) is 12.8. The number of rotatable bonds is 11. The summed E-state index contributed by atoms with van der Waals surface area (Å²) in [6, 6.07) is 21.7. The summed E-state index contributed by atoms with van der Waals surface area (Å²) in [4.78, 5) is 18.4. The van der Waals surface area contributed by atoms with Gasteiger partial charge in [-0.1, -0.05) is 61.6 Å². The molecule has 5 rings (SSSR count). The van der Waals surface area contributed by atoms with Crippen molar-refractivity contribution in [2.24, 2.45) is 0 Å². The van der Waals surface area contributed by atoms with Crippen LogP contribution in [0.25, 0.3) is 22.1 Å². The molecule has 2 heterocycles. The number of para-hydroxylation sites is 3. The lowest BCUT2D eigenvalue weighted by molar-refractivity contribution is 0.234. The van der Waals surface area contributed by atoms with Crippen LogP contribution in [-0.2, 0) is 0 Å². The number of imidazole rings is 1. The summed E-state index contributed by atoms with van der Waals surface area (Å²) < 4.78 is 20.3. The maximum absolute atomic E-state index is 13.1. The molecule has 6 nitrogen and oxygen atoms in total. The van der Waals surface area contributed by atoms with Crippen molar-refractivity contribution < 1.29 is 14.2 Å². The van der Waals surface area contributed by atoms with E-state index in [2.05, 4.69) is 31.0 Å². The van der Waals surface area contributed by atoms with Crippen LogP contribution in [0, 0.1) is 0 Å². The van der Waals surface area contributed by atoms with Crippen LogP contribution in [0.1, 0.15) is 50.7 Å². The lowest BCUT2D eigenvalue weighted by atomic mass is 9.98. The molecule has 0 spiro atoms. The molecule has 0 unspecified atom stereocenters. The Hall–Kier alpha value is -3.84. The van der Waals surface area contributed by atoms with Gasteiger partial charge in [0.15, 0.2) is 16.5 Å². The van der Waals surface area contributed by atoms with Gasteiger partial charge in [0.25, 0.3) is 5.56 Å². The third kappa shape index (κ3) is 5.38. The van der Waals surface area contributed by atoms with E-state index in [1.165, 1.54) is 16.9 Å². The summed E-state index contributed by atoms with van der Waals surface area (Å²) in [7, 11) is 0. The molecular weight excluding hydrogens is 496 g/mol. The molecular formula is C31H32N2O4S. The van der Waals surface area contributed by atoms with Gasteiger partial charge in [0.1, 0.15) is 5.75 Å². The Kier molecular flexibility index (Phi) is 7.94. The van der Waals surface area contributed by atoms with Crippen LogP contribution in [-0.4, -0.2) is 29.2 Å². The van der Waals surface area contributed by atoms with Crippen molar-refractivity contribution in [3.05, 3.63) is 92.7 Å². The van der Waals surface area contributed by atoms with Gasteiger partial charge in [-0.2, -0.15) is 0 Å². The van der Waals surface area contributed by atoms with Crippen LogP contribution in [0.15, 0.2) is 71.5 Å². The predicted molar refractivity (Wildman–Crippen MR) is 154 cm³/mol. The van der Waals surface area contributed by atoms with Gasteiger partial charge in [0, 0.05) is 6.42 Å². The van der Waals surface area contributed by atoms with Crippen molar-refractivity contribution in [1.29, 1.82) is 0 Å². The maximum atomic E-state index is 13.1. The number of thiazole rings is 1. The maximum Gasteiger partial charge on any atom is 0.274 e. The van der Waals surface area contributed by atoms with Gasteiger partial charge >= 0.3 is 0 Å². The molecule has 0 N–H and O–H groups in total. The van der Waals surface area contributed by atoms with Gasteiger partial charge in [-0.15, -0.1) is 0 Å². The molecule has 2 aromatic heterocycles. The minimum Gasteiger partial charge on any atom is -0.493 e. The van der Waals surface area contributed by atoms with Crippen molar-refractivity contribution in [3.63, 3.8) is 0 Å². The zero-order valence-corrected chi connectivity index (χ0v) is 22.8. The number of benzene rings is 3. The van der Waals surface area contributed by atoms with E-state index in [-0.39, 0.29) is 5.56 Å². The Morgan fingerprint density at radius 2 is 1.68 bits per heavy atom. The second kappa shape index (κ2) is 11.7. The highest BCUT2D eigenvalue weighted by atomic mass is 32.1. The summed E-state index contributed by atoms with van der Waals surface area (Å²) in [5, 5.41) is 0. The van der Waals surface area contributed by atoms with E-state index in [1.807, 2.05) is 67.6 Å². The van der Waals surface area contributed by atoms with E-state index >= 15 is 0 Å². The molecule has 1 atom stereocenters. The Labute approximate surface area is 226 Å². The molecule has 0 saturated heterocycles. The largest absolute Gasteiger partial charge is 0.493 e. The SMILES string of the molecule is CCOc1cc(/C=c2\sc3nc4ccccc4n3c2=O)ccc1OCCCOc1ccccc1[C@@H](C)CC. The van der Waals surface area contributed by atoms with Crippen molar-refractivity contribution >= 4 is 33.4 Å². The van der Waals surface area contributed by atoms with Crippen LogP contribution < -0.4 is 24.3 Å². The highest BCUT2D eigenvalue weighted by molar-refractivity contribution is 7.15. The zero-order chi connectivity index (χ0) is 26.5. The lowest BCUT2D eigenvalue weighted by Gasteiger charge is -2.16. The second-order valence-corrected chi connectivity index (χ2v) is 10.2. The lowest BCUT2D eigenvalue weighted by Crippen LogP contribution is -2.22. The summed E-state index contributed by atoms with van der Waals surface area (Å²) in [5.41, 5.74) is 3.71. The first kappa shape index (κ1) is 25.8. The first-order chi connectivity index (χ1) is 18.6. The molecule has 0 amide bonds. The molecule has 0 aliphatic heterocycles. The summed E-state index contributed by atoms with van der Waals surface area (Å²) in [5.74, 6) is 2.74. The summed E-state index contributed by atoms with van der Waals surface area (Å²) >= 11 is 1.39. The molecule has 5 aromatic rings. The average Bonchev–Trinajstić information content (AvgIpc) is 3.45. The van der Waals surface area contributed by atoms with Crippen LogP contribution in [0.5, 0.6) is 17.2 Å². The van der Waals surface area contributed by atoms with Gasteiger partial charge in [0.2, 0.25) is 0 Å². The van der Waals surface area contributed by atoms with E-state index in [0.717, 1.165) is 35.2 Å². The standard InChI is InChI=1S/C31H32N2O4S/c1-4-21(3)23-11-6-9-14-26(23)36-17-10-18-37-27-16-15-22(19-28(27)35-5-2)20-29-30(34)33-25-13-8-7-12-24(25)32-31(33)38-29/h6-9,11-16,19-21H,4-5,10,17-18H2,1-3H3/b29-20-/t21-/m0/s1. The molecule has 0 aliphatic rings. The smallest absolute Gasteiger partial charge is 0.274 e. The third-order valence-electron chi connectivity index (χ3n) is 6.58. The Bertz CT molecular complexity index is 1660. The molecule has 0 radical (unpaired) electrons. The summed E-state index contributed by atoms with van der Waals surface area (Å²) in [6.07, 6.45) is 3.70. The van der Waals surface area contributed by atoms with Crippen molar-refractivity contribution in [2.45, 2.75) is 39.5 Å². The van der Waals surface area contributed by atoms with E-state index in [1.54, 1.807) is 4.40 Å². The summed E-state index contributed by atoms with van der Waals surface area (Å²) in [6.45, 7) is 7.95. The van der Waals surface area contributed by atoms with Crippen molar-refractivity contribution in [1.82, 2.24) is 9.38 Å². The number of fused-ring (bicyclic) bond motifs is 3. The minimum absolute atomic E-state index is 0.0631. The number of hydrogen-bond acceptors (Lipinski definition) is 6. The molecule has 0 saturated carbocycles. The second-order valence-electron chi connectivity index (χ2n) is 9.17. The topological polar surface area (TPSA) is 62.1 Å². The average molecular weight is 529 g/mol. The van der Waals surface area contributed by atoms with Crippen molar-refractivity contribution in [2.75, 3.05) is 19.8 Å². The van der Waals surface area contributed by atoms with Gasteiger partial charge in [-0.25, -0.2) is 9.38 Å². The predicted octanol–water partition coefficient (Wildman–Crippen LogP) is 6.22. The Morgan fingerprint density at radius 1 is 0.921 bits per heavy atom. The quantitative estimate of drug-likeness (QED) is 0.191. The number of aromatic nitrogens is 2. The Morgan fingerprint density at radius 3 is 2.50 bits per heavy atom. The van der Waals surface area contributed by atoms with E-state index in [9.17, 15) is 4.79 Å². The van der Waals surface area contributed by atoms with Gasteiger partial charge in [-0.3, -0.25) is 4.79 Å². The monoisotopic (exact) mass is 528 g/mol. The number of ether oxygens (including phenoxy) is 3. The first-order valence-corrected chi connectivity index (χ1v) is 13.9. The van der Waals surface area contributed by atoms with E-state index in [4.69, 9.17) is 14.2 Å². The molecule has 0 fully saturated rings. The minimum atomic E-state index is -0.0631. The zero-order valence-electron chi connectivity index (χ0n) is 22.0. The number of nitrogens with zero attached hydrogens (tertiary/aromatic N) is 2. The fourth-order valence-electron chi connectivity index (χ4n) is 4.43. The molecule has 196 valence electrons. The van der Waals surface area contributed by atoms with E-state index < -0.39 is 0 Å².